The molecule has 2 aromatic heterocycles. The van der Waals surface area contributed by atoms with E-state index in [-0.39, 0.29) is 11.6 Å². The first-order valence-electron chi connectivity index (χ1n) is 11.1. The Bertz CT molecular complexity index is 1330. The third-order valence-electron chi connectivity index (χ3n) is 5.90. The summed E-state index contributed by atoms with van der Waals surface area (Å²) >= 11 is 0. The van der Waals surface area contributed by atoms with Gasteiger partial charge in [-0.2, -0.15) is 13.2 Å². The number of anilines is 1. The van der Waals surface area contributed by atoms with Crippen LogP contribution in [0.4, 0.5) is 18.9 Å². The van der Waals surface area contributed by atoms with Gasteiger partial charge in [0.25, 0.3) is 5.91 Å². The van der Waals surface area contributed by atoms with Crippen molar-refractivity contribution in [2.45, 2.75) is 12.7 Å². The van der Waals surface area contributed by atoms with Crippen LogP contribution in [0, 0.1) is 0 Å². The minimum atomic E-state index is -4.41. The number of rotatable bonds is 5. The van der Waals surface area contributed by atoms with Crippen LogP contribution in [0.15, 0.2) is 67.1 Å². The van der Waals surface area contributed by atoms with Crippen molar-refractivity contribution in [1.82, 2.24) is 19.7 Å². The molecule has 7 nitrogen and oxygen atoms in total. The van der Waals surface area contributed by atoms with Gasteiger partial charge in [0.1, 0.15) is 5.69 Å². The van der Waals surface area contributed by atoms with Gasteiger partial charge in [0.2, 0.25) is 0 Å². The van der Waals surface area contributed by atoms with Gasteiger partial charge in [-0.05, 0) is 29.8 Å². The average Bonchev–Trinajstić information content (AvgIpc) is 3.31. The number of nitrogens with zero attached hydrogens (tertiary/aromatic N) is 4. The molecule has 180 valence electrons. The topological polar surface area (TPSA) is 71.8 Å². The molecule has 0 radical (unpaired) electrons. The van der Waals surface area contributed by atoms with Crippen molar-refractivity contribution in [3.63, 3.8) is 0 Å². The zero-order valence-electron chi connectivity index (χ0n) is 18.6. The second-order valence-electron chi connectivity index (χ2n) is 8.17. The van der Waals surface area contributed by atoms with Gasteiger partial charge in [-0.3, -0.25) is 9.20 Å². The van der Waals surface area contributed by atoms with E-state index in [0.29, 0.717) is 36.7 Å². The molecule has 0 spiro atoms. The predicted molar refractivity (Wildman–Crippen MR) is 124 cm³/mol. The summed E-state index contributed by atoms with van der Waals surface area (Å²) in [4.78, 5) is 23.4. The van der Waals surface area contributed by atoms with Gasteiger partial charge in [0.05, 0.1) is 36.9 Å². The van der Waals surface area contributed by atoms with Crippen LogP contribution in [-0.2, 0) is 17.5 Å². The minimum absolute atomic E-state index is 0.175. The van der Waals surface area contributed by atoms with Gasteiger partial charge in [-0.1, -0.05) is 24.3 Å². The standard InChI is InChI=1S/C25H22F3N5O2/c26-25(27,28)19-5-3-18(4-6-19)22-14-30-23-15-29-21(16-33(22)23)24(34)31-13-17-1-7-20(8-2-17)32-9-11-35-12-10-32/h1-8,14-16H,9-13H2,(H,31,34). The number of halogens is 3. The van der Waals surface area contributed by atoms with Gasteiger partial charge in [-0.25, -0.2) is 9.97 Å². The number of hydrogen-bond donors (Lipinski definition) is 1. The number of hydrogen-bond acceptors (Lipinski definition) is 5. The summed E-state index contributed by atoms with van der Waals surface area (Å²) < 4.78 is 45.7. The zero-order valence-corrected chi connectivity index (χ0v) is 18.6. The lowest BCUT2D eigenvalue weighted by Crippen LogP contribution is -2.36. The van der Waals surface area contributed by atoms with Crippen LogP contribution < -0.4 is 10.2 Å². The van der Waals surface area contributed by atoms with E-state index in [1.54, 1.807) is 4.40 Å². The highest BCUT2D eigenvalue weighted by Gasteiger charge is 2.30. The van der Waals surface area contributed by atoms with Crippen LogP contribution in [0.5, 0.6) is 0 Å². The highest BCUT2D eigenvalue weighted by atomic mass is 19.4. The third kappa shape index (κ3) is 4.97. The Hall–Kier alpha value is -3.92. The Morgan fingerprint density at radius 2 is 1.69 bits per heavy atom. The van der Waals surface area contributed by atoms with E-state index in [9.17, 15) is 18.0 Å². The maximum Gasteiger partial charge on any atom is 0.416 e. The maximum atomic E-state index is 12.9. The fraction of sp³-hybridized carbons (Fsp3) is 0.240. The smallest absolute Gasteiger partial charge is 0.378 e. The van der Waals surface area contributed by atoms with Crippen molar-refractivity contribution in [2.75, 3.05) is 31.2 Å². The van der Waals surface area contributed by atoms with Gasteiger partial charge < -0.3 is 15.0 Å². The molecule has 0 aliphatic carbocycles. The first-order valence-corrected chi connectivity index (χ1v) is 11.1. The van der Waals surface area contributed by atoms with Gasteiger partial charge in [0.15, 0.2) is 5.65 Å². The Morgan fingerprint density at radius 3 is 2.37 bits per heavy atom. The van der Waals surface area contributed by atoms with E-state index in [0.717, 1.165) is 36.5 Å². The molecular weight excluding hydrogens is 459 g/mol. The minimum Gasteiger partial charge on any atom is -0.378 e. The number of morpholine rings is 1. The molecule has 0 saturated carbocycles. The number of fused-ring (bicyclic) bond motifs is 1. The third-order valence-corrected chi connectivity index (χ3v) is 5.90. The molecule has 2 aromatic carbocycles. The first kappa shape index (κ1) is 22.9. The van der Waals surface area contributed by atoms with Crippen molar-refractivity contribution in [1.29, 1.82) is 0 Å². The van der Waals surface area contributed by atoms with Crippen LogP contribution in [0.3, 0.4) is 0 Å². The quantitative estimate of drug-likeness (QED) is 0.463. The number of aromatic nitrogens is 3. The molecule has 1 N–H and O–H groups in total. The van der Waals surface area contributed by atoms with Crippen LogP contribution >= 0.6 is 0 Å². The highest BCUT2D eigenvalue weighted by molar-refractivity contribution is 5.92. The number of nitrogens with one attached hydrogen (secondary N) is 1. The van der Waals surface area contributed by atoms with Crippen molar-refractivity contribution < 1.29 is 22.7 Å². The van der Waals surface area contributed by atoms with E-state index >= 15 is 0 Å². The van der Waals surface area contributed by atoms with Crippen LogP contribution in [0.25, 0.3) is 16.9 Å². The molecule has 1 fully saturated rings. The lowest BCUT2D eigenvalue weighted by molar-refractivity contribution is -0.137. The molecule has 35 heavy (non-hydrogen) atoms. The summed E-state index contributed by atoms with van der Waals surface area (Å²) in [6.45, 7) is 3.47. The van der Waals surface area contributed by atoms with Gasteiger partial charge >= 0.3 is 6.18 Å². The second kappa shape index (κ2) is 9.38. The van der Waals surface area contributed by atoms with Crippen LogP contribution in [0.2, 0.25) is 0 Å². The second-order valence-corrected chi connectivity index (χ2v) is 8.17. The SMILES string of the molecule is O=C(NCc1ccc(N2CCOCC2)cc1)c1cn2c(-c3ccc(C(F)(F)F)cc3)cnc2cn1. The predicted octanol–water partition coefficient (Wildman–Crippen LogP) is 4.18. The van der Waals surface area contributed by atoms with E-state index < -0.39 is 11.7 Å². The molecule has 5 rings (SSSR count). The normalized spacial score (nSPS) is 14.3. The number of amides is 1. The summed E-state index contributed by atoms with van der Waals surface area (Å²) in [5.74, 6) is -0.365. The maximum absolute atomic E-state index is 12.9. The number of benzene rings is 2. The van der Waals surface area contributed by atoms with Crippen molar-refractivity contribution in [2.24, 2.45) is 0 Å². The monoisotopic (exact) mass is 481 g/mol. The van der Waals surface area contributed by atoms with Gasteiger partial charge in [-0.15, -0.1) is 0 Å². The molecule has 4 aromatic rings. The number of alkyl halides is 3. The summed E-state index contributed by atoms with van der Waals surface area (Å²) in [5, 5.41) is 2.86. The largest absolute Gasteiger partial charge is 0.416 e. The molecular formula is C25H22F3N5O2. The molecule has 3 heterocycles. The highest BCUT2D eigenvalue weighted by Crippen LogP contribution is 2.31. The average molecular weight is 481 g/mol. The van der Waals surface area contributed by atoms with E-state index in [2.05, 4.69) is 20.2 Å². The molecule has 1 amide bonds. The lowest BCUT2D eigenvalue weighted by atomic mass is 10.1. The Balaban J connectivity index is 1.29. The summed E-state index contributed by atoms with van der Waals surface area (Å²) in [7, 11) is 0. The van der Waals surface area contributed by atoms with Crippen molar-refractivity contribution >= 4 is 17.2 Å². The summed E-state index contributed by atoms with van der Waals surface area (Å²) in [6, 6.07) is 12.8. The Labute approximate surface area is 199 Å². The molecule has 0 bridgehead atoms. The van der Waals surface area contributed by atoms with E-state index in [4.69, 9.17) is 4.74 Å². The van der Waals surface area contributed by atoms with Crippen LogP contribution in [-0.4, -0.2) is 46.6 Å². The lowest BCUT2D eigenvalue weighted by Gasteiger charge is -2.28. The molecule has 0 unspecified atom stereocenters. The Morgan fingerprint density at radius 1 is 0.971 bits per heavy atom. The van der Waals surface area contributed by atoms with Crippen molar-refractivity contribution in [3.8, 4) is 11.3 Å². The molecule has 0 atom stereocenters. The van der Waals surface area contributed by atoms with Gasteiger partial charge in [0, 0.05) is 37.1 Å². The molecule has 1 aliphatic heterocycles. The van der Waals surface area contributed by atoms with Crippen molar-refractivity contribution in [3.05, 3.63) is 83.9 Å². The van der Waals surface area contributed by atoms with E-state index in [1.165, 1.54) is 30.7 Å². The fourth-order valence-corrected chi connectivity index (χ4v) is 3.97. The zero-order chi connectivity index (χ0) is 24.4. The number of carbonyl (C=O) groups is 1. The summed E-state index contributed by atoms with van der Waals surface area (Å²) in [6.07, 6.45) is 0.124. The summed E-state index contributed by atoms with van der Waals surface area (Å²) in [5.41, 5.74) is 3.10. The first-order chi connectivity index (χ1) is 16.9. The van der Waals surface area contributed by atoms with E-state index in [1.807, 2.05) is 24.3 Å². The fourth-order valence-electron chi connectivity index (χ4n) is 3.97. The number of imidazole rings is 1. The Kier molecular flexibility index (Phi) is 6.12. The molecule has 10 heteroatoms. The molecule has 1 aliphatic rings. The number of carbonyl (C=O) groups excluding carboxylic acids is 1. The molecule has 1 saturated heterocycles. The van der Waals surface area contributed by atoms with Crippen LogP contribution in [0.1, 0.15) is 21.6 Å². The number of ether oxygens (including phenoxy) is 1.